The predicted octanol–water partition coefficient (Wildman–Crippen LogP) is 3.84. The van der Waals surface area contributed by atoms with Crippen molar-refractivity contribution in [1.82, 2.24) is 0 Å². The van der Waals surface area contributed by atoms with Gasteiger partial charge in [-0.2, -0.15) is 0 Å². The molecule has 0 aromatic heterocycles. The van der Waals surface area contributed by atoms with Crippen LogP contribution in [0.2, 0.25) is 0 Å². The third kappa shape index (κ3) is 3.42. The minimum Gasteiger partial charge on any atom is -0.389 e. The quantitative estimate of drug-likeness (QED) is 0.744. The Morgan fingerprint density at radius 2 is 1.67 bits per heavy atom. The van der Waals surface area contributed by atoms with Crippen LogP contribution in [0, 0.1) is 5.92 Å². The van der Waals surface area contributed by atoms with Gasteiger partial charge in [0.25, 0.3) is 0 Å². The van der Waals surface area contributed by atoms with Gasteiger partial charge in [-0.15, -0.1) is 0 Å². The van der Waals surface area contributed by atoms with E-state index in [2.05, 4.69) is 0 Å². The van der Waals surface area contributed by atoms with Crippen LogP contribution in [0.25, 0.3) is 0 Å². The summed E-state index contributed by atoms with van der Waals surface area (Å²) in [6, 6.07) is 9.25. The third-order valence-electron chi connectivity index (χ3n) is 3.62. The summed E-state index contributed by atoms with van der Waals surface area (Å²) in [4.78, 5) is 12.4. The average molecular weight is 248 g/mol. The van der Waals surface area contributed by atoms with Gasteiger partial charge in [0, 0.05) is 11.5 Å². The van der Waals surface area contributed by atoms with Gasteiger partial charge in [0.1, 0.15) is 0 Å². The van der Waals surface area contributed by atoms with Gasteiger partial charge in [0.05, 0.1) is 5.60 Å². The van der Waals surface area contributed by atoms with E-state index in [0.717, 1.165) is 12.8 Å². The minimum atomic E-state index is -0.865. The highest BCUT2D eigenvalue weighted by molar-refractivity contribution is 5.98. The molecule has 0 radical (unpaired) electrons. The van der Waals surface area contributed by atoms with Gasteiger partial charge in [-0.1, -0.05) is 63.9 Å². The first-order valence-electron chi connectivity index (χ1n) is 6.86. The number of hydrogen-bond acceptors (Lipinski definition) is 2. The lowest BCUT2D eigenvalue weighted by molar-refractivity contribution is -0.0197. The zero-order valence-electron chi connectivity index (χ0n) is 11.6. The molecule has 0 bridgehead atoms. The Kier molecular flexibility index (Phi) is 5.54. The Morgan fingerprint density at radius 1 is 1.17 bits per heavy atom. The van der Waals surface area contributed by atoms with Crippen LogP contribution in [0.15, 0.2) is 30.3 Å². The van der Waals surface area contributed by atoms with E-state index in [0.29, 0.717) is 18.4 Å². The molecule has 100 valence electrons. The SMILES string of the molecule is CCCC(O)(CCC)C(C)C(=O)c1ccccc1. The average Bonchev–Trinajstić information content (AvgIpc) is 2.38. The van der Waals surface area contributed by atoms with Gasteiger partial charge >= 0.3 is 0 Å². The molecule has 2 heteroatoms. The number of aliphatic hydroxyl groups is 1. The molecule has 1 N–H and O–H groups in total. The monoisotopic (exact) mass is 248 g/mol. The topological polar surface area (TPSA) is 37.3 Å². The Bertz CT molecular complexity index is 364. The standard InChI is InChI=1S/C16H24O2/c1-4-11-16(18,12-5-2)13(3)15(17)14-9-7-6-8-10-14/h6-10,13,18H,4-5,11-12H2,1-3H3. The van der Waals surface area contributed by atoms with Crippen LogP contribution in [0.1, 0.15) is 56.8 Å². The molecule has 0 heterocycles. The van der Waals surface area contributed by atoms with Crippen molar-refractivity contribution in [3.8, 4) is 0 Å². The fourth-order valence-corrected chi connectivity index (χ4v) is 2.52. The molecule has 0 saturated heterocycles. The number of benzene rings is 1. The summed E-state index contributed by atoms with van der Waals surface area (Å²) in [5.74, 6) is -0.306. The van der Waals surface area contributed by atoms with Gasteiger partial charge in [-0.05, 0) is 12.8 Å². The molecule has 0 saturated carbocycles. The van der Waals surface area contributed by atoms with Crippen molar-refractivity contribution in [3.05, 3.63) is 35.9 Å². The molecule has 0 aliphatic heterocycles. The summed E-state index contributed by atoms with van der Waals surface area (Å²) in [7, 11) is 0. The minimum absolute atomic E-state index is 0.0417. The Morgan fingerprint density at radius 3 is 2.11 bits per heavy atom. The number of rotatable bonds is 7. The second kappa shape index (κ2) is 6.69. The highest BCUT2D eigenvalue weighted by atomic mass is 16.3. The maximum absolute atomic E-state index is 12.4. The van der Waals surface area contributed by atoms with Crippen molar-refractivity contribution in [3.63, 3.8) is 0 Å². The summed E-state index contributed by atoms with van der Waals surface area (Å²) in [5.41, 5.74) is -0.174. The van der Waals surface area contributed by atoms with Gasteiger partial charge in [-0.25, -0.2) is 0 Å². The van der Waals surface area contributed by atoms with Gasteiger partial charge in [0.2, 0.25) is 0 Å². The summed E-state index contributed by atoms with van der Waals surface area (Å²) in [6.45, 7) is 5.93. The predicted molar refractivity (Wildman–Crippen MR) is 74.7 cm³/mol. The van der Waals surface area contributed by atoms with E-state index in [1.165, 1.54) is 0 Å². The van der Waals surface area contributed by atoms with Crippen molar-refractivity contribution in [2.24, 2.45) is 5.92 Å². The van der Waals surface area contributed by atoms with Crippen LogP contribution in [-0.2, 0) is 0 Å². The summed E-state index contributed by atoms with van der Waals surface area (Å²) < 4.78 is 0. The zero-order chi connectivity index (χ0) is 13.6. The van der Waals surface area contributed by atoms with Crippen LogP contribution in [-0.4, -0.2) is 16.5 Å². The van der Waals surface area contributed by atoms with Crippen molar-refractivity contribution in [1.29, 1.82) is 0 Å². The molecule has 1 aromatic carbocycles. The van der Waals surface area contributed by atoms with E-state index in [-0.39, 0.29) is 11.7 Å². The molecule has 0 spiro atoms. The Labute approximate surface area is 110 Å². The molecular weight excluding hydrogens is 224 g/mol. The molecule has 0 aliphatic rings. The second-order valence-electron chi connectivity index (χ2n) is 5.06. The highest BCUT2D eigenvalue weighted by Gasteiger charge is 2.36. The third-order valence-corrected chi connectivity index (χ3v) is 3.62. The van der Waals surface area contributed by atoms with E-state index < -0.39 is 5.60 Å². The molecule has 2 nitrogen and oxygen atoms in total. The van der Waals surface area contributed by atoms with E-state index in [1.54, 1.807) is 0 Å². The lowest BCUT2D eigenvalue weighted by Gasteiger charge is -2.33. The smallest absolute Gasteiger partial charge is 0.168 e. The summed E-state index contributed by atoms with van der Waals surface area (Å²) >= 11 is 0. The molecule has 1 atom stereocenters. The molecule has 0 amide bonds. The van der Waals surface area contributed by atoms with Crippen LogP contribution in [0.3, 0.4) is 0 Å². The second-order valence-corrected chi connectivity index (χ2v) is 5.06. The number of hydrogen-bond donors (Lipinski definition) is 1. The van der Waals surface area contributed by atoms with Gasteiger partial charge < -0.3 is 5.11 Å². The normalized spacial score (nSPS) is 13.3. The van der Waals surface area contributed by atoms with Crippen molar-refractivity contribution in [2.45, 2.75) is 52.1 Å². The fraction of sp³-hybridized carbons (Fsp3) is 0.562. The van der Waals surface area contributed by atoms with Crippen LogP contribution in [0.4, 0.5) is 0 Å². The molecular formula is C16H24O2. The highest BCUT2D eigenvalue weighted by Crippen LogP contribution is 2.30. The first kappa shape index (κ1) is 14.9. The van der Waals surface area contributed by atoms with Crippen LogP contribution < -0.4 is 0 Å². The first-order valence-corrected chi connectivity index (χ1v) is 6.86. The maximum Gasteiger partial charge on any atom is 0.168 e. The van der Waals surface area contributed by atoms with E-state index >= 15 is 0 Å². The molecule has 0 aliphatic carbocycles. The van der Waals surface area contributed by atoms with E-state index in [9.17, 15) is 9.90 Å². The number of carbonyl (C=O) groups is 1. The summed E-state index contributed by atoms with van der Waals surface area (Å²) in [5, 5.41) is 10.7. The number of carbonyl (C=O) groups excluding carboxylic acids is 1. The van der Waals surface area contributed by atoms with Crippen molar-refractivity contribution < 1.29 is 9.90 Å². The van der Waals surface area contributed by atoms with E-state index in [4.69, 9.17) is 0 Å². The lowest BCUT2D eigenvalue weighted by atomic mass is 9.77. The molecule has 1 unspecified atom stereocenters. The lowest BCUT2D eigenvalue weighted by Crippen LogP contribution is -2.40. The largest absolute Gasteiger partial charge is 0.389 e. The molecule has 1 rings (SSSR count). The first-order chi connectivity index (χ1) is 8.55. The molecule has 1 aromatic rings. The van der Waals surface area contributed by atoms with Crippen molar-refractivity contribution >= 4 is 5.78 Å². The van der Waals surface area contributed by atoms with Crippen LogP contribution in [0.5, 0.6) is 0 Å². The number of ketones is 1. The van der Waals surface area contributed by atoms with E-state index in [1.807, 2.05) is 51.1 Å². The Hall–Kier alpha value is -1.15. The molecule has 18 heavy (non-hydrogen) atoms. The zero-order valence-corrected chi connectivity index (χ0v) is 11.6. The fourth-order valence-electron chi connectivity index (χ4n) is 2.52. The van der Waals surface area contributed by atoms with Crippen LogP contribution >= 0.6 is 0 Å². The Balaban J connectivity index is 2.89. The number of Topliss-reactive ketones (excluding diaryl/α,β-unsaturated/α-hetero) is 1. The van der Waals surface area contributed by atoms with Gasteiger partial charge in [0.15, 0.2) is 5.78 Å². The summed E-state index contributed by atoms with van der Waals surface area (Å²) in [6.07, 6.45) is 3.15. The van der Waals surface area contributed by atoms with Crippen molar-refractivity contribution in [2.75, 3.05) is 0 Å². The van der Waals surface area contributed by atoms with Gasteiger partial charge in [-0.3, -0.25) is 4.79 Å². The molecule has 0 fully saturated rings. The maximum atomic E-state index is 12.4.